The third-order valence-corrected chi connectivity index (χ3v) is 10.0. The lowest BCUT2D eigenvalue weighted by Gasteiger charge is -2.25. The number of alkyl halides is 1. The minimum atomic E-state index is -1.45. The van der Waals surface area contributed by atoms with Crippen molar-refractivity contribution in [3.05, 3.63) is 89.4 Å². The number of halogens is 2. The third kappa shape index (κ3) is 5.50. The van der Waals surface area contributed by atoms with Crippen LogP contribution in [0.15, 0.2) is 72.4 Å². The number of carbonyl (C=O) groups is 3. The molecule has 0 bridgehead atoms. The summed E-state index contributed by atoms with van der Waals surface area (Å²) in [6.45, 7) is 1.40. The number of Topliss-reactive ketones (excluding diaryl/α,β-unsaturated/α-hetero) is 1. The minimum absolute atomic E-state index is 0.0800. The van der Waals surface area contributed by atoms with Gasteiger partial charge in [-0.25, -0.2) is 18.4 Å². The third-order valence-electron chi connectivity index (χ3n) is 9.24. The van der Waals surface area contributed by atoms with Gasteiger partial charge in [0.25, 0.3) is 0 Å². The van der Waals surface area contributed by atoms with E-state index >= 15 is 4.39 Å². The number of amides is 2. The second-order valence-electron chi connectivity index (χ2n) is 12.5. The number of anilines is 2. The molecule has 2 aliphatic rings. The summed E-state index contributed by atoms with van der Waals surface area (Å²) < 4.78 is 34.7. The number of nitrogens with zero attached hydrogens (tertiary/aromatic N) is 7. The van der Waals surface area contributed by atoms with Crippen LogP contribution in [0.1, 0.15) is 29.4 Å². The molecule has 3 aromatic heterocycles. The van der Waals surface area contributed by atoms with Crippen LogP contribution in [-0.2, 0) is 16.1 Å². The molecule has 0 spiro atoms. The Morgan fingerprint density at radius 1 is 1.06 bits per heavy atom. The Balaban J connectivity index is 1.03. The van der Waals surface area contributed by atoms with Crippen molar-refractivity contribution in [2.75, 3.05) is 30.4 Å². The van der Waals surface area contributed by atoms with Gasteiger partial charge in [0.15, 0.2) is 11.6 Å². The molecule has 252 valence electrons. The van der Waals surface area contributed by atoms with Gasteiger partial charge in [-0.3, -0.25) is 19.1 Å². The number of thiazole rings is 1. The Kier molecular flexibility index (Phi) is 7.74. The smallest absolute Gasteiger partial charge is 0.247 e. The average molecular weight is 693 g/mol. The van der Waals surface area contributed by atoms with Gasteiger partial charge < -0.3 is 15.1 Å². The van der Waals surface area contributed by atoms with Gasteiger partial charge in [0, 0.05) is 50.2 Å². The van der Waals surface area contributed by atoms with Gasteiger partial charge in [-0.2, -0.15) is 10.2 Å². The zero-order chi connectivity index (χ0) is 34.7. The fourth-order valence-corrected chi connectivity index (χ4v) is 7.44. The average Bonchev–Trinajstić information content (AvgIpc) is 3.91. The molecule has 2 amide bonds. The second kappa shape index (κ2) is 12.3. The van der Waals surface area contributed by atoms with Gasteiger partial charge in [-0.05, 0) is 47.0 Å². The number of rotatable bonds is 7. The summed E-state index contributed by atoms with van der Waals surface area (Å²) in [6, 6.07) is 16.4. The first-order valence-electron chi connectivity index (χ1n) is 16.0. The molecule has 8 rings (SSSR count). The molecule has 50 heavy (non-hydrogen) atoms. The van der Waals surface area contributed by atoms with Crippen molar-refractivity contribution in [2.24, 2.45) is 0 Å². The van der Waals surface area contributed by atoms with Crippen molar-refractivity contribution in [3.63, 3.8) is 0 Å². The Labute approximate surface area is 288 Å². The normalized spacial score (nSPS) is 17.3. The molecule has 0 radical (unpaired) electrons. The van der Waals surface area contributed by atoms with E-state index in [1.807, 2.05) is 37.5 Å². The largest absolute Gasteiger partial charge is 0.355 e. The van der Waals surface area contributed by atoms with E-state index in [2.05, 4.69) is 25.4 Å². The van der Waals surface area contributed by atoms with E-state index in [1.165, 1.54) is 29.0 Å². The first kappa shape index (κ1) is 31.5. The number of hydrogen-bond acceptors (Lipinski definition) is 8. The summed E-state index contributed by atoms with van der Waals surface area (Å²) >= 11 is 1.48. The highest BCUT2D eigenvalue weighted by atomic mass is 32.1. The lowest BCUT2D eigenvalue weighted by Crippen LogP contribution is -2.44. The van der Waals surface area contributed by atoms with Crippen LogP contribution in [0.2, 0.25) is 0 Å². The van der Waals surface area contributed by atoms with Crippen molar-refractivity contribution in [1.29, 1.82) is 0 Å². The fourth-order valence-electron chi connectivity index (χ4n) is 6.78. The van der Waals surface area contributed by atoms with Crippen molar-refractivity contribution in [3.8, 4) is 11.1 Å². The van der Waals surface area contributed by atoms with Gasteiger partial charge >= 0.3 is 0 Å². The molecule has 1 N–H and O–H groups in total. The molecule has 2 atom stereocenters. The predicted molar refractivity (Wildman–Crippen MR) is 188 cm³/mol. The Hall–Kier alpha value is -5.76. The van der Waals surface area contributed by atoms with E-state index in [4.69, 9.17) is 0 Å². The highest BCUT2D eigenvalue weighted by Gasteiger charge is 2.40. The number of benzene rings is 3. The van der Waals surface area contributed by atoms with Crippen LogP contribution in [0.3, 0.4) is 0 Å². The highest BCUT2D eigenvalue weighted by Crippen LogP contribution is 2.33. The van der Waals surface area contributed by atoms with Gasteiger partial charge in [0.1, 0.15) is 30.3 Å². The van der Waals surface area contributed by atoms with Gasteiger partial charge in [-0.15, -0.1) is 11.3 Å². The van der Waals surface area contributed by atoms with E-state index < -0.39 is 29.8 Å². The molecular formula is C36H30F2N8O3S. The van der Waals surface area contributed by atoms with Gasteiger partial charge in [0.05, 0.1) is 39.7 Å². The number of aromatic nitrogens is 5. The van der Waals surface area contributed by atoms with E-state index in [-0.39, 0.29) is 42.2 Å². The summed E-state index contributed by atoms with van der Waals surface area (Å²) in [7, 11) is 1.97. The number of nitrogens with one attached hydrogen (secondary N) is 1. The summed E-state index contributed by atoms with van der Waals surface area (Å²) in [5.41, 5.74) is 5.83. The van der Waals surface area contributed by atoms with E-state index in [0.717, 1.165) is 32.1 Å². The highest BCUT2D eigenvalue weighted by molar-refractivity contribution is 7.16. The van der Waals surface area contributed by atoms with Crippen molar-refractivity contribution < 1.29 is 23.2 Å². The number of likely N-dealkylation sites (N-methyl/N-ethyl adjacent to an activating group) is 1. The fraction of sp³-hybridized carbons (Fsp3) is 0.222. The molecule has 1 saturated heterocycles. The SMILES string of the molecule is CC(=O)c1nn(CC(=O)N2C[C@H](F)C[C@H]2C(=O)Nc2cccc(-c3ccc4scnc4c3)c2F)c2ccc(C3=Cn4nccc4N(C)C3)cc12. The Bertz CT molecular complexity index is 2380. The molecule has 0 unspecified atom stereocenters. The molecule has 2 aliphatic heterocycles. The van der Waals surface area contributed by atoms with Crippen molar-refractivity contribution in [2.45, 2.75) is 32.1 Å². The van der Waals surface area contributed by atoms with Crippen LogP contribution < -0.4 is 10.2 Å². The molecule has 11 nitrogen and oxygen atoms in total. The summed E-state index contributed by atoms with van der Waals surface area (Å²) in [5, 5.41) is 12.0. The molecule has 0 aliphatic carbocycles. The number of carbonyl (C=O) groups excluding carboxylic acids is 3. The summed E-state index contributed by atoms with van der Waals surface area (Å²) in [4.78, 5) is 47.4. The summed E-state index contributed by atoms with van der Waals surface area (Å²) in [6.07, 6.45) is 1.98. The van der Waals surface area contributed by atoms with E-state index in [1.54, 1.807) is 46.7 Å². The molecule has 3 aromatic carbocycles. The quantitative estimate of drug-likeness (QED) is 0.208. The number of ketones is 1. The van der Waals surface area contributed by atoms with Crippen LogP contribution in [-0.4, -0.2) is 79.4 Å². The topological polar surface area (TPSA) is 118 Å². The maximum atomic E-state index is 15.7. The summed E-state index contributed by atoms with van der Waals surface area (Å²) in [5.74, 6) is -1.22. The van der Waals surface area contributed by atoms with Gasteiger partial charge in [-0.1, -0.05) is 24.3 Å². The van der Waals surface area contributed by atoms with Crippen LogP contribution in [0.5, 0.6) is 0 Å². The Morgan fingerprint density at radius 3 is 2.74 bits per heavy atom. The standard InChI is InChI=1S/C36H30F2N8O3S/c1-20(47)35-26-12-21(23-15-43(2)32-10-11-40-46(32)16-23)6-8-29(26)45(42-35)18-33(48)44-17-24(37)14-30(44)36(49)41-27-5-3-4-25(34(27)38)22-7-9-31-28(13-22)39-19-50-31/h3-13,16,19,24,30H,14-15,17-18H2,1-2H3,(H,41,49)/t24-,30+/m1/s1. The van der Waals surface area contributed by atoms with Crippen LogP contribution in [0.25, 0.3) is 44.0 Å². The second-order valence-corrected chi connectivity index (χ2v) is 13.4. The number of likely N-dealkylation sites (tertiary alicyclic amines) is 1. The molecule has 6 aromatic rings. The maximum absolute atomic E-state index is 15.7. The molecule has 5 heterocycles. The first-order valence-corrected chi connectivity index (χ1v) is 16.9. The Morgan fingerprint density at radius 2 is 1.90 bits per heavy atom. The zero-order valence-electron chi connectivity index (χ0n) is 27.0. The van der Waals surface area contributed by atoms with Gasteiger partial charge in [0.2, 0.25) is 11.8 Å². The molecular weight excluding hydrogens is 663 g/mol. The molecule has 0 saturated carbocycles. The van der Waals surface area contributed by atoms with Crippen LogP contribution >= 0.6 is 11.3 Å². The zero-order valence-corrected chi connectivity index (χ0v) is 27.8. The monoisotopic (exact) mass is 692 g/mol. The number of hydrogen-bond donors (Lipinski definition) is 1. The predicted octanol–water partition coefficient (Wildman–Crippen LogP) is 5.88. The minimum Gasteiger partial charge on any atom is -0.355 e. The lowest BCUT2D eigenvalue weighted by molar-refractivity contribution is -0.137. The molecule has 1 fully saturated rings. The first-order chi connectivity index (χ1) is 24.1. The lowest BCUT2D eigenvalue weighted by atomic mass is 10.0. The maximum Gasteiger partial charge on any atom is 0.247 e. The van der Waals surface area contributed by atoms with Crippen LogP contribution in [0.4, 0.5) is 20.3 Å². The number of fused-ring (bicyclic) bond motifs is 3. The van der Waals surface area contributed by atoms with E-state index in [9.17, 15) is 18.8 Å². The van der Waals surface area contributed by atoms with Crippen molar-refractivity contribution >= 4 is 73.3 Å². The van der Waals surface area contributed by atoms with Crippen LogP contribution in [0, 0.1) is 5.82 Å². The molecule has 14 heteroatoms. The van der Waals surface area contributed by atoms with Crippen molar-refractivity contribution in [1.82, 2.24) is 29.4 Å². The van der Waals surface area contributed by atoms with E-state index in [0.29, 0.717) is 23.0 Å².